The highest BCUT2D eigenvalue weighted by Crippen LogP contribution is 2.30. The van der Waals surface area contributed by atoms with Gasteiger partial charge >= 0.3 is 0 Å². The number of carbonyl (C=O) groups is 1. The molecule has 0 radical (unpaired) electrons. The second kappa shape index (κ2) is 10.6. The highest BCUT2D eigenvalue weighted by Gasteiger charge is 2.15. The Morgan fingerprint density at radius 1 is 1.25 bits per heavy atom. The van der Waals surface area contributed by atoms with Crippen molar-refractivity contribution in [2.45, 2.75) is 33.3 Å². The van der Waals surface area contributed by atoms with Gasteiger partial charge in [-0.1, -0.05) is 42.6 Å². The molecule has 3 aromatic heterocycles. The lowest BCUT2D eigenvalue weighted by atomic mass is 10.1. The fraction of sp³-hybridized carbons (Fsp3) is 0.261. The summed E-state index contributed by atoms with van der Waals surface area (Å²) in [6.07, 6.45) is 1.44. The predicted molar refractivity (Wildman–Crippen MR) is 135 cm³/mol. The summed E-state index contributed by atoms with van der Waals surface area (Å²) in [6, 6.07) is 8.25. The third-order valence-electron chi connectivity index (χ3n) is 4.79. The molecule has 0 unspecified atom stereocenters. The molecule has 0 aliphatic heterocycles. The van der Waals surface area contributed by atoms with Gasteiger partial charge in [0.2, 0.25) is 10.1 Å². The highest BCUT2D eigenvalue weighted by atomic mass is 32.1. The lowest BCUT2D eigenvalue weighted by Crippen LogP contribution is -2.16. The quantitative estimate of drug-likeness (QED) is 0.271. The Labute approximate surface area is 213 Å². The topological polar surface area (TPSA) is 144 Å². The SMILES string of the molecule is COc1cc(C=C(C#N)C(=O)Nc2nnc(C(C)C)s2)ccc1OCc1cc(=O)n2nc(C)sc2n1. The molecule has 0 saturated carbocycles. The Morgan fingerprint density at radius 2 is 2.06 bits per heavy atom. The molecule has 4 rings (SSSR count). The van der Waals surface area contributed by atoms with Crippen LogP contribution < -0.4 is 20.3 Å². The van der Waals surface area contributed by atoms with Gasteiger partial charge in [-0.2, -0.15) is 14.9 Å². The normalized spacial score (nSPS) is 11.5. The van der Waals surface area contributed by atoms with Crippen molar-refractivity contribution >= 4 is 44.7 Å². The number of nitrogens with one attached hydrogen (secondary N) is 1. The van der Waals surface area contributed by atoms with Crippen molar-refractivity contribution in [3.63, 3.8) is 0 Å². The van der Waals surface area contributed by atoms with Crippen LogP contribution in [0.25, 0.3) is 11.0 Å². The van der Waals surface area contributed by atoms with Crippen molar-refractivity contribution in [1.82, 2.24) is 24.8 Å². The number of ether oxygens (including phenoxy) is 2. The summed E-state index contributed by atoms with van der Waals surface area (Å²) in [4.78, 5) is 29.7. The summed E-state index contributed by atoms with van der Waals surface area (Å²) in [5, 5.41) is 26.1. The number of nitrogens with zero attached hydrogens (tertiary/aromatic N) is 6. The number of benzene rings is 1. The molecule has 0 fully saturated rings. The summed E-state index contributed by atoms with van der Waals surface area (Å²) in [5.41, 5.74) is 0.621. The van der Waals surface area contributed by atoms with Gasteiger partial charge in [0.25, 0.3) is 11.5 Å². The van der Waals surface area contributed by atoms with Gasteiger partial charge in [-0.3, -0.25) is 14.9 Å². The van der Waals surface area contributed by atoms with E-state index >= 15 is 0 Å². The standard InChI is InChI=1S/C23H21N7O4S2/c1-12(2)21-27-28-22(36-21)26-20(32)15(10-24)7-14-5-6-17(18(8-14)33-4)34-11-16-9-19(31)30-23(25-16)35-13(3)29-30/h5-9,12H,11H2,1-4H3,(H,26,28,32). The molecule has 4 aromatic rings. The van der Waals surface area contributed by atoms with Crippen molar-refractivity contribution in [3.05, 3.63) is 61.5 Å². The van der Waals surface area contributed by atoms with Gasteiger partial charge in [0.15, 0.2) is 11.5 Å². The molecule has 0 saturated heterocycles. The Bertz CT molecular complexity index is 1560. The number of anilines is 1. The third-order valence-corrected chi connectivity index (χ3v) is 6.76. The smallest absolute Gasteiger partial charge is 0.275 e. The van der Waals surface area contributed by atoms with Crippen LogP contribution in [-0.4, -0.2) is 37.8 Å². The average molecular weight is 524 g/mol. The maximum absolute atomic E-state index is 12.6. The van der Waals surface area contributed by atoms with Crippen molar-refractivity contribution in [3.8, 4) is 17.6 Å². The summed E-state index contributed by atoms with van der Waals surface area (Å²) < 4.78 is 12.5. The van der Waals surface area contributed by atoms with Crippen LogP contribution in [0.4, 0.5) is 5.13 Å². The molecule has 0 bridgehead atoms. The van der Waals surface area contributed by atoms with Gasteiger partial charge in [-0.25, -0.2) is 4.98 Å². The van der Waals surface area contributed by atoms with Gasteiger partial charge in [0.05, 0.1) is 12.8 Å². The first kappa shape index (κ1) is 25.0. The van der Waals surface area contributed by atoms with E-state index in [0.29, 0.717) is 32.8 Å². The molecule has 13 heteroatoms. The number of methoxy groups -OCH3 is 1. The van der Waals surface area contributed by atoms with Gasteiger partial charge in [-0.05, 0) is 30.7 Å². The maximum atomic E-state index is 12.6. The molecule has 0 aliphatic rings. The zero-order chi connectivity index (χ0) is 25.8. The predicted octanol–water partition coefficient (Wildman–Crippen LogP) is 3.57. The Kier molecular flexibility index (Phi) is 7.37. The molecular formula is C23H21N7O4S2. The summed E-state index contributed by atoms with van der Waals surface area (Å²) in [6.45, 7) is 5.80. The minimum absolute atomic E-state index is 0.0420. The second-order valence-corrected chi connectivity index (χ2v) is 9.99. The molecule has 1 amide bonds. The Balaban J connectivity index is 1.49. The van der Waals surface area contributed by atoms with E-state index in [4.69, 9.17) is 9.47 Å². The summed E-state index contributed by atoms with van der Waals surface area (Å²) in [7, 11) is 1.48. The number of hydrogen-bond acceptors (Lipinski definition) is 11. The molecular weight excluding hydrogens is 502 g/mol. The van der Waals surface area contributed by atoms with E-state index in [2.05, 4.69) is 25.6 Å². The van der Waals surface area contributed by atoms with Crippen LogP contribution in [0.1, 0.15) is 41.0 Å². The minimum Gasteiger partial charge on any atom is -0.493 e. The second-order valence-electron chi connectivity index (χ2n) is 7.82. The van der Waals surface area contributed by atoms with E-state index in [1.165, 1.54) is 46.4 Å². The molecule has 1 N–H and O–H groups in total. The van der Waals surface area contributed by atoms with Crippen LogP contribution in [0.15, 0.2) is 34.6 Å². The van der Waals surface area contributed by atoms with Gasteiger partial charge in [0.1, 0.15) is 28.3 Å². The zero-order valence-corrected chi connectivity index (χ0v) is 21.4. The van der Waals surface area contributed by atoms with Crippen molar-refractivity contribution in [1.29, 1.82) is 5.26 Å². The number of aryl methyl sites for hydroxylation is 1. The number of rotatable bonds is 8. The first-order valence-corrected chi connectivity index (χ1v) is 12.3. The van der Waals surface area contributed by atoms with Crippen LogP contribution >= 0.6 is 22.7 Å². The Morgan fingerprint density at radius 3 is 2.75 bits per heavy atom. The van der Waals surface area contributed by atoms with Crippen LogP contribution in [0.3, 0.4) is 0 Å². The molecule has 0 atom stereocenters. The largest absolute Gasteiger partial charge is 0.493 e. The van der Waals surface area contributed by atoms with E-state index in [1.54, 1.807) is 25.1 Å². The maximum Gasteiger partial charge on any atom is 0.275 e. The lowest BCUT2D eigenvalue weighted by molar-refractivity contribution is -0.112. The van der Waals surface area contributed by atoms with Crippen molar-refractivity contribution < 1.29 is 14.3 Å². The fourth-order valence-corrected chi connectivity index (χ4v) is 4.58. The summed E-state index contributed by atoms with van der Waals surface area (Å²) >= 11 is 2.57. The first-order valence-electron chi connectivity index (χ1n) is 10.7. The average Bonchev–Trinajstić information content (AvgIpc) is 3.47. The van der Waals surface area contributed by atoms with Crippen LogP contribution in [0.5, 0.6) is 11.5 Å². The number of fused-ring (bicyclic) bond motifs is 1. The molecule has 0 aliphatic carbocycles. The molecule has 0 spiro atoms. The monoisotopic (exact) mass is 523 g/mol. The Hall–Kier alpha value is -4.15. The first-order chi connectivity index (χ1) is 17.3. The van der Waals surface area contributed by atoms with Crippen LogP contribution in [0.2, 0.25) is 0 Å². The highest BCUT2D eigenvalue weighted by molar-refractivity contribution is 7.16. The minimum atomic E-state index is -0.589. The van der Waals surface area contributed by atoms with E-state index in [0.717, 1.165) is 10.0 Å². The van der Waals surface area contributed by atoms with E-state index in [-0.39, 0.29) is 23.7 Å². The number of aromatic nitrogens is 5. The van der Waals surface area contributed by atoms with Crippen molar-refractivity contribution in [2.75, 3.05) is 12.4 Å². The van der Waals surface area contributed by atoms with Gasteiger partial charge < -0.3 is 9.47 Å². The third kappa shape index (κ3) is 5.56. The number of nitriles is 1. The van der Waals surface area contributed by atoms with E-state index in [1.807, 2.05) is 19.9 Å². The molecule has 184 valence electrons. The molecule has 36 heavy (non-hydrogen) atoms. The summed E-state index contributed by atoms with van der Waals surface area (Å²) in [5.74, 6) is 0.396. The number of carbonyl (C=O) groups excluding carboxylic acids is 1. The molecule has 3 heterocycles. The zero-order valence-electron chi connectivity index (χ0n) is 19.8. The molecule has 1 aromatic carbocycles. The van der Waals surface area contributed by atoms with Crippen LogP contribution in [-0.2, 0) is 11.4 Å². The lowest BCUT2D eigenvalue weighted by Gasteiger charge is -2.11. The number of amides is 1. The van der Waals surface area contributed by atoms with E-state index < -0.39 is 5.91 Å². The fourth-order valence-electron chi connectivity index (χ4n) is 3.07. The number of hydrogen-bond donors (Lipinski definition) is 1. The van der Waals surface area contributed by atoms with E-state index in [9.17, 15) is 14.9 Å². The molecule has 11 nitrogen and oxygen atoms in total. The van der Waals surface area contributed by atoms with Crippen molar-refractivity contribution in [2.24, 2.45) is 0 Å². The van der Waals surface area contributed by atoms with Gasteiger partial charge in [0, 0.05) is 12.0 Å². The van der Waals surface area contributed by atoms with Crippen LogP contribution in [0, 0.1) is 18.3 Å². The van der Waals surface area contributed by atoms with Gasteiger partial charge in [-0.15, -0.1) is 10.2 Å².